The van der Waals surface area contributed by atoms with Crippen molar-refractivity contribution in [3.8, 4) is 0 Å². The Morgan fingerprint density at radius 1 is 1.33 bits per heavy atom. The molecule has 1 aromatic heterocycles. The van der Waals surface area contributed by atoms with Gasteiger partial charge in [0.05, 0.1) is 11.6 Å². The zero-order valence-corrected chi connectivity index (χ0v) is 14.6. The Hall–Kier alpha value is -1.81. The van der Waals surface area contributed by atoms with Crippen LogP contribution in [0.1, 0.15) is 54.2 Å². The van der Waals surface area contributed by atoms with Gasteiger partial charge in [0.25, 0.3) is 0 Å². The standard InChI is InChI=1S/C20H24FNO2/c1-4-14-11-16-12-15(5-6-18(16)22-13(14)2)19(23)20(21)9-7-17(24-3)8-10-20/h5-6,11-12,17H,4,7-10H2,1-3H3/i2-1. The number of alkyl halides is 1. The minimum atomic E-state index is -1.77. The molecule has 0 spiro atoms. The fourth-order valence-corrected chi connectivity index (χ4v) is 3.59. The molecule has 0 saturated heterocycles. The first-order valence-electron chi connectivity index (χ1n) is 8.63. The van der Waals surface area contributed by atoms with E-state index < -0.39 is 11.5 Å². The number of fused-ring (bicyclic) bond motifs is 1. The highest BCUT2D eigenvalue weighted by atomic mass is 19.1. The lowest BCUT2D eigenvalue weighted by Gasteiger charge is -2.32. The van der Waals surface area contributed by atoms with Gasteiger partial charge in [-0.05, 0) is 68.9 Å². The van der Waals surface area contributed by atoms with E-state index in [0.29, 0.717) is 18.4 Å². The van der Waals surface area contributed by atoms with Crippen LogP contribution in [0.2, 0.25) is 0 Å². The quantitative estimate of drug-likeness (QED) is 0.771. The number of methoxy groups -OCH3 is 1. The molecule has 0 aliphatic heterocycles. The van der Waals surface area contributed by atoms with Gasteiger partial charge in [0.1, 0.15) is 0 Å². The van der Waals surface area contributed by atoms with Crippen molar-refractivity contribution in [2.24, 2.45) is 0 Å². The first-order chi connectivity index (χ1) is 11.5. The summed E-state index contributed by atoms with van der Waals surface area (Å²) >= 11 is 0. The number of ketones is 1. The molecule has 3 nitrogen and oxygen atoms in total. The number of Topliss-reactive ketones (excluding diaryl/α,β-unsaturated/α-hetero) is 1. The van der Waals surface area contributed by atoms with Crippen LogP contribution >= 0.6 is 0 Å². The Bertz CT molecular complexity index is 764. The number of hydrogen-bond donors (Lipinski definition) is 0. The average molecular weight is 328 g/mol. The Morgan fingerprint density at radius 2 is 2.04 bits per heavy atom. The van der Waals surface area contributed by atoms with Crippen LogP contribution in [-0.4, -0.2) is 29.6 Å². The van der Waals surface area contributed by atoms with E-state index in [-0.39, 0.29) is 18.9 Å². The summed E-state index contributed by atoms with van der Waals surface area (Å²) in [5, 5.41) is 0.900. The van der Waals surface area contributed by atoms with Crippen molar-refractivity contribution in [2.75, 3.05) is 7.11 Å². The lowest BCUT2D eigenvalue weighted by molar-refractivity contribution is 0.0118. The molecule has 0 unspecified atom stereocenters. The molecular formula is C20H24FNO2. The van der Waals surface area contributed by atoms with Gasteiger partial charge in [-0.3, -0.25) is 9.78 Å². The van der Waals surface area contributed by atoms with Crippen LogP contribution in [0.3, 0.4) is 0 Å². The molecule has 0 N–H and O–H groups in total. The van der Waals surface area contributed by atoms with Crippen molar-refractivity contribution in [2.45, 2.75) is 57.7 Å². The number of aryl methyl sites for hydroxylation is 2. The second kappa shape index (κ2) is 6.60. The maximum atomic E-state index is 15.2. The number of rotatable bonds is 4. The Balaban J connectivity index is 1.91. The topological polar surface area (TPSA) is 39.2 Å². The summed E-state index contributed by atoms with van der Waals surface area (Å²) in [5.41, 5.74) is 1.67. The highest BCUT2D eigenvalue weighted by Gasteiger charge is 2.42. The molecular weight excluding hydrogens is 304 g/mol. The summed E-state index contributed by atoms with van der Waals surface area (Å²) in [4.78, 5) is 17.3. The first-order valence-corrected chi connectivity index (χ1v) is 8.63. The van der Waals surface area contributed by atoms with E-state index in [0.717, 1.165) is 28.6 Å². The second-order valence-corrected chi connectivity index (χ2v) is 6.72. The van der Waals surface area contributed by atoms with Gasteiger partial charge in [0.2, 0.25) is 0 Å². The molecule has 0 amide bonds. The van der Waals surface area contributed by atoms with Gasteiger partial charge in [0, 0.05) is 23.8 Å². The fraction of sp³-hybridized carbons (Fsp3) is 0.500. The highest BCUT2D eigenvalue weighted by Crippen LogP contribution is 2.36. The molecule has 1 aliphatic carbocycles. The molecule has 1 saturated carbocycles. The number of pyridine rings is 1. The normalized spacial score (nSPS) is 24.2. The number of hydrogen-bond acceptors (Lipinski definition) is 3. The third-order valence-corrected chi connectivity index (χ3v) is 5.22. The number of aromatic nitrogens is 1. The van der Waals surface area contributed by atoms with Gasteiger partial charge in [-0.25, -0.2) is 4.39 Å². The molecule has 0 atom stereocenters. The summed E-state index contributed by atoms with van der Waals surface area (Å²) < 4.78 is 20.4. The minimum absolute atomic E-state index is 0.0672. The molecule has 4 heteroatoms. The van der Waals surface area contributed by atoms with E-state index in [2.05, 4.69) is 18.0 Å². The first kappa shape index (κ1) is 17.0. The maximum absolute atomic E-state index is 15.2. The van der Waals surface area contributed by atoms with Gasteiger partial charge in [-0.1, -0.05) is 6.92 Å². The molecule has 1 fully saturated rings. The molecule has 2 aromatic rings. The number of ether oxygens (including phenoxy) is 1. The van der Waals surface area contributed by atoms with Crippen LogP contribution in [-0.2, 0) is 11.2 Å². The van der Waals surface area contributed by atoms with Crippen LogP contribution in [0.4, 0.5) is 4.39 Å². The predicted molar refractivity (Wildman–Crippen MR) is 93.3 cm³/mol. The SMILES string of the molecule is CCc1cc2cc(C(=O)C3(F)CCC(OC)CC3)ccc2nc1[11CH3]. The van der Waals surface area contributed by atoms with E-state index in [9.17, 15) is 4.79 Å². The van der Waals surface area contributed by atoms with E-state index >= 15 is 4.39 Å². The van der Waals surface area contributed by atoms with E-state index in [1.54, 1.807) is 19.2 Å². The summed E-state index contributed by atoms with van der Waals surface area (Å²) in [5.74, 6) is -0.405. The number of nitrogens with zero attached hydrogens (tertiary/aromatic N) is 1. The van der Waals surface area contributed by atoms with Gasteiger partial charge < -0.3 is 4.74 Å². The number of carbonyl (C=O) groups is 1. The molecule has 1 aromatic carbocycles. The van der Waals surface area contributed by atoms with Crippen molar-refractivity contribution in [1.29, 1.82) is 0 Å². The van der Waals surface area contributed by atoms with Crippen molar-refractivity contribution in [3.63, 3.8) is 0 Å². The van der Waals surface area contributed by atoms with Crippen molar-refractivity contribution >= 4 is 16.7 Å². The summed E-state index contributed by atoms with van der Waals surface area (Å²) in [7, 11) is 1.64. The number of benzene rings is 1. The van der Waals surface area contributed by atoms with Crippen molar-refractivity contribution in [3.05, 3.63) is 41.1 Å². The monoisotopic (exact) mass is 328 g/mol. The van der Waals surface area contributed by atoms with Gasteiger partial charge in [-0.2, -0.15) is 0 Å². The Morgan fingerprint density at radius 3 is 2.67 bits per heavy atom. The van der Waals surface area contributed by atoms with Crippen LogP contribution < -0.4 is 0 Å². The fourth-order valence-electron chi connectivity index (χ4n) is 3.59. The number of carbonyl (C=O) groups excluding carboxylic acids is 1. The van der Waals surface area contributed by atoms with Gasteiger partial charge in [-0.15, -0.1) is 0 Å². The smallest absolute Gasteiger partial charge is 0.199 e. The zero-order valence-electron chi connectivity index (χ0n) is 14.6. The largest absolute Gasteiger partial charge is 0.381 e. The zero-order chi connectivity index (χ0) is 17.3. The molecule has 0 bridgehead atoms. The molecule has 128 valence electrons. The van der Waals surface area contributed by atoms with E-state index in [1.807, 2.05) is 13.0 Å². The third kappa shape index (κ3) is 3.07. The maximum Gasteiger partial charge on any atom is 0.199 e. The average Bonchev–Trinajstić information content (AvgIpc) is 2.60. The summed E-state index contributed by atoms with van der Waals surface area (Å²) in [6, 6.07) is 7.36. The van der Waals surface area contributed by atoms with Crippen LogP contribution in [0.25, 0.3) is 10.9 Å². The van der Waals surface area contributed by atoms with Crippen molar-refractivity contribution in [1.82, 2.24) is 4.98 Å². The van der Waals surface area contributed by atoms with Gasteiger partial charge in [0.15, 0.2) is 11.5 Å². The molecule has 0 radical (unpaired) electrons. The van der Waals surface area contributed by atoms with Crippen molar-refractivity contribution < 1.29 is 13.9 Å². The molecule has 1 aliphatic rings. The Labute approximate surface area is 142 Å². The van der Waals surface area contributed by atoms with Crippen LogP contribution in [0, 0.1) is 6.92 Å². The lowest BCUT2D eigenvalue weighted by atomic mass is 9.79. The van der Waals surface area contributed by atoms with Crippen LogP contribution in [0.5, 0.6) is 0 Å². The summed E-state index contributed by atoms with van der Waals surface area (Å²) in [6.45, 7) is 4.07. The van der Waals surface area contributed by atoms with Crippen LogP contribution in [0.15, 0.2) is 24.3 Å². The minimum Gasteiger partial charge on any atom is -0.381 e. The molecule has 1 heterocycles. The molecule has 3 rings (SSSR count). The summed E-state index contributed by atoms with van der Waals surface area (Å²) in [6.07, 6.45) is 2.60. The van der Waals surface area contributed by atoms with E-state index in [1.165, 1.54) is 0 Å². The molecule has 24 heavy (non-hydrogen) atoms. The predicted octanol–water partition coefficient (Wildman–Crippen LogP) is 4.59. The Kier molecular flexibility index (Phi) is 4.68. The highest BCUT2D eigenvalue weighted by molar-refractivity contribution is 6.04. The third-order valence-electron chi connectivity index (χ3n) is 5.22. The lowest BCUT2D eigenvalue weighted by Crippen LogP contribution is -2.39. The van der Waals surface area contributed by atoms with Gasteiger partial charge >= 0.3 is 0 Å². The second-order valence-electron chi connectivity index (χ2n) is 6.72. The number of halogens is 1. The van der Waals surface area contributed by atoms with E-state index in [4.69, 9.17) is 4.74 Å².